The van der Waals surface area contributed by atoms with Crippen molar-refractivity contribution >= 4 is 18.3 Å². The molecule has 1 fully saturated rings. The fourth-order valence-corrected chi connectivity index (χ4v) is 1.90. The second-order valence-electron chi connectivity index (χ2n) is 4.94. The van der Waals surface area contributed by atoms with Crippen molar-refractivity contribution in [2.24, 2.45) is 17.8 Å². The van der Waals surface area contributed by atoms with E-state index in [-0.39, 0.29) is 18.3 Å². The molecule has 0 saturated carbocycles. The van der Waals surface area contributed by atoms with Crippen LogP contribution in [-0.2, 0) is 4.79 Å². The summed E-state index contributed by atoms with van der Waals surface area (Å²) in [6, 6.07) is 0. The van der Waals surface area contributed by atoms with Gasteiger partial charge in [0.25, 0.3) is 0 Å². The van der Waals surface area contributed by atoms with E-state index in [0.29, 0.717) is 17.7 Å². The summed E-state index contributed by atoms with van der Waals surface area (Å²) >= 11 is 0. The van der Waals surface area contributed by atoms with Gasteiger partial charge in [-0.15, -0.1) is 12.4 Å². The van der Waals surface area contributed by atoms with Crippen LogP contribution in [-0.4, -0.2) is 37.5 Å². The molecule has 0 bridgehead atoms. The van der Waals surface area contributed by atoms with Gasteiger partial charge in [0.1, 0.15) is 0 Å². The van der Waals surface area contributed by atoms with E-state index in [2.05, 4.69) is 26.1 Å². The molecule has 2 unspecified atom stereocenters. The van der Waals surface area contributed by atoms with Crippen molar-refractivity contribution in [3.8, 4) is 0 Å². The third-order valence-electron chi connectivity index (χ3n) is 3.57. The Morgan fingerprint density at radius 3 is 2.38 bits per heavy atom. The number of halogens is 1. The predicted molar refractivity (Wildman–Crippen MR) is 69.9 cm³/mol. The van der Waals surface area contributed by atoms with Gasteiger partial charge in [0, 0.05) is 19.5 Å². The molecule has 1 amide bonds. The maximum atomic E-state index is 12.0. The molecule has 0 aromatic carbocycles. The minimum absolute atomic E-state index is 0. The lowest BCUT2D eigenvalue weighted by atomic mass is 9.88. The predicted octanol–water partition coefficient (Wildman–Crippen LogP) is 1.77. The first-order chi connectivity index (χ1) is 7.06. The summed E-state index contributed by atoms with van der Waals surface area (Å²) in [5, 5.41) is 3.22. The summed E-state index contributed by atoms with van der Waals surface area (Å²) in [6.07, 6.45) is 1.14. The number of carbonyl (C=O) groups excluding carboxylic acids is 1. The van der Waals surface area contributed by atoms with Gasteiger partial charge in [-0.05, 0) is 24.9 Å². The Bertz CT molecular complexity index is 219. The number of nitrogens with one attached hydrogen (secondary N) is 1. The van der Waals surface area contributed by atoms with Gasteiger partial charge in [-0.1, -0.05) is 27.2 Å². The molecule has 0 aromatic rings. The molecule has 16 heavy (non-hydrogen) atoms. The summed E-state index contributed by atoms with van der Waals surface area (Å²) in [4.78, 5) is 13.9. The molecule has 1 N–H and O–H groups in total. The Labute approximate surface area is 105 Å². The molecule has 0 aromatic heterocycles. The first kappa shape index (κ1) is 15.7. The van der Waals surface area contributed by atoms with Gasteiger partial charge in [0.15, 0.2) is 0 Å². The molecule has 0 radical (unpaired) electrons. The standard InChI is InChI=1S/C12H24N2O.ClH/c1-5-9(2)8-14(4)12(15)10(3)11-6-13-7-11;/h9-11,13H,5-8H2,1-4H3;1H. The van der Waals surface area contributed by atoms with Crippen molar-refractivity contribution in [3.63, 3.8) is 0 Å². The maximum absolute atomic E-state index is 12.0. The minimum atomic E-state index is 0. The molecular weight excluding hydrogens is 224 g/mol. The highest BCUT2D eigenvalue weighted by Gasteiger charge is 2.30. The van der Waals surface area contributed by atoms with Crippen LogP contribution >= 0.6 is 12.4 Å². The Morgan fingerprint density at radius 1 is 1.44 bits per heavy atom. The Kier molecular flexibility index (Phi) is 7.00. The third kappa shape index (κ3) is 3.95. The number of hydrogen-bond donors (Lipinski definition) is 1. The van der Waals surface area contributed by atoms with Crippen LogP contribution in [0.2, 0.25) is 0 Å². The first-order valence-electron chi connectivity index (χ1n) is 6.02. The molecule has 1 aliphatic heterocycles. The van der Waals surface area contributed by atoms with E-state index in [9.17, 15) is 4.79 Å². The van der Waals surface area contributed by atoms with E-state index in [0.717, 1.165) is 26.1 Å². The zero-order chi connectivity index (χ0) is 11.4. The molecule has 96 valence electrons. The van der Waals surface area contributed by atoms with Crippen LogP contribution in [0.1, 0.15) is 27.2 Å². The van der Waals surface area contributed by atoms with Gasteiger partial charge < -0.3 is 10.2 Å². The molecule has 1 rings (SSSR count). The van der Waals surface area contributed by atoms with Crippen LogP contribution < -0.4 is 5.32 Å². The number of amides is 1. The SMILES string of the molecule is CCC(C)CN(C)C(=O)C(C)C1CNC1.Cl. The van der Waals surface area contributed by atoms with Crippen LogP contribution in [0.15, 0.2) is 0 Å². The zero-order valence-corrected chi connectivity index (χ0v) is 11.6. The van der Waals surface area contributed by atoms with Crippen LogP contribution in [0, 0.1) is 17.8 Å². The largest absolute Gasteiger partial charge is 0.345 e. The lowest BCUT2D eigenvalue weighted by Gasteiger charge is -2.34. The molecule has 0 spiro atoms. The van der Waals surface area contributed by atoms with Crippen LogP contribution in [0.25, 0.3) is 0 Å². The molecule has 1 aliphatic rings. The van der Waals surface area contributed by atoms with E-state index >= 15 is 0 Å². The number of hydrogen-bond acceptors (Lipinski definition) is 2. The highest BCUT2D eigenvalue weighted by atomic mass is 35.5. The van der Waals surface area contributed by atoms with E-state index in [1.807, 2.05) is 11.9 Å². The van der Waals surface area contributed by atoms with E-state index in [4.69, 9.17) is 0 Å². The topological polar surface area (TPSA) is 32.3 Å². The average molecular weight is 249 g/mol. The Balaban J connectivity index is 0.00000225. The minimum Gasteiger partial charge on any atom is -0.345 e. The summed E-state index contributed by atoms with van der Waals surface area (Å²) in [6.45, 7) is 9.32. The van der Waals surface area contributed by atoms with E-state index < -0.39 is 0 Å². The van der Waals surface area contributed by atoms with Gasteiger partial charge in [0.2, 0.25) is 5.91 Å². The van der Waals surface area contributed by atoms with Crippen molar-refractivity contribution in [3.05, 3.63) is 0 Å². The normalized spacial score (nSPS) is 19.2. The van der Waals surface area contributed by atoms with Crippen molar-refractivity contribution in [1.82, 2.24) is 10.2 Å². The van der Waals surface area contributed by atoms with Crippen LogP contribution in [0.3, 0.4) is 0 Å². The second-order valence-corrected chi connectivity index (χ2v) is 4.94. The summed E-state index contributed by atoms with van der Waals surface area (Å²) in [5.41, 5.74) is 0. The van der Waals surface area contributed by atoms with Crippen LogP contribution in [0.4, 0.5) is 0 Å². The molecule has 0 aliphatic carbocycles. The van der Waals surface area contributed by atoms with Crippen molar-refractivity contribution in [2.45, 2.75) is 27.2 Å². The van der Waals surface area contributed by atoms with Crippen molar-refractivity contribution < 1.29 is 4.79 Å². The molecule has 2 atom stereocenters. The molecule has 4 heteroatoms. The first-order valence-corrected chi connectivity index (χ1v) is 6.02. The van der Waals surface area contributed by atoms with E-state index in [1.54, 1.807) is 0 Å². The van der Waals surface area contributed by atoms with Crippen molar-refractivity contribution in [1.29, 1.82) is 0 Å². The quantitative estimate of drug-likeness (QED) is 0.804. The fraction of sp³-hybridized carbons (Fsp3) is 0.917. The molecule has 1 saturated heterocycles. The van der Waals surface area contributed by atoms with Gasteiger partial charge in [-0.3, -0.25) is 4.79 Å². The maximum Gasteiger partial charge on any atom is 0.225 e. The zero-order valence-electron chi connectivity index (χ0n) is 10.8. The third-order valence-corrected chi connectivity index (χ3v) is 3.57. The lowest BCUT2D eigenvalue weighted by molar-refractivity contribution is -0.136. The van der Waals surface area contributed by atoms with Gasteiger partial charge in [0.05, 0.1) is 0 Å². The highest BCUT2D eigenvalue weighted by Crippen LogP contribution is 2.18. The summed E-state index contributed by atoms with van der Waals surface area (Å²) < 4.78 is 0. The Hall–Kier alpha value is -0.280. The second kappa shape index (κ2) is 7.13. The smallest absolute Gasteiger partial charge is 0.225 e. The number of nitrogens with zero attached hydrogens (tertiary/aromatic N) is 1. The highest BCUT2D eigenvalue weighted by molar-refractivity contribution is 5.85. The molecular formula is C12H25ClN2O. The van der Waals surface area contributed by atoms with E-state index in [1.165, 1.54) is 0 Å². The molecule has 3 nitrogen and oxygen atoms in total. The van der Waals surface area contributed by atoms with Crippen LogP contribution in [0.5, 0.6) is 0 Å². The fourth-order valence-electron chi connectivity index (χ4n) is 1.90. The van der Waals surface area contributed by atoms with Gasteiger partial charge in [-0.2, -0.15) is 0 Å². The Morgan fingerprint density at radius 2 is 2.00 bits per heavy atom. The van der Waals surface area contributed by atoms with Gasteiger partial charge in [-0.25, -0.2) is 0 Å². The molecule has 1 heterocycles. The number of carbonyl (C=O) groups is 1. The lowest BCUT2D eigenvalue weighted by Crippen LogP contribution is -2.50. The van der Waals surface area contributed by atoms with Gasteiger partial charge >= 0.3 is 0 Å². The summed E-state index contributed by atoms with van der Waals surface area (Å²) in [5.74, 6) is 1.64. The van der Waals surface area contributed by atoms with Crippen molar-refractivity contribution in [2.75, 3.05) is 26.7 Å². The average Bonchev–Trinajstić information content (AvgIpc) is 2.13. The number of rotatable bonds is 5. The summed E-state index contributed by atoms with van der Waals surface area (Å²) in [7, 11) is 1.93. The monoisotopic (exact) mass is 248 g/mol.